The summed E-state index contributed by atoms with van der Waals surface area (Å²) in [5.41, 5.74) is 7.49. The van der Waals surface area contributed by atoms with E-state index in [-0.39, 0.29) is 0 Å². The third-order valence-corrected chi connectivity index (χ3v) is 1.68. The van der Waals surface area contributed by atoms with Gasteiger partial charge in [-0.05, 0) is 0 Å². The summed E-state index contributed by atoms with van der Waals surface area (Å²) in [7, 11) is 1.86. The van der Waals surface area contributed by atoms with Gasteiger partial charge in [0.05, 0.1) is 12.4 Å². The largest absolute Gasteiger partial charge is 0.384 e. The zero-order valence-corrected chi connectivity index (χ0v) is 6.65. The minimum atomic E-state index is 0.572. The molecule has 3 N–H and O–H groups in total. The lowest BCUT2D eigenvalue weighted by molar-refractivity contribution is 0.768. The molecule has 0 fully saturated rings. The van der Waals surface area contributed by atoms with Gasteiger partial charge in [0.25, 0.3) is 0 Å². The summed E-state index contributed by atoms with van der Waals surface area (Å²) in [5.74, 6) is 0.572. The maximum absolute atomic E-state index is 5.63. The van der Waals surface area contributed by atoms with Gasteiger partial charge in [0.1, 0.15) is 5.82 Å². The number of aromatic amines is 1. The number of hydrogen-bond donors (Lipinski definition) is 2. The van der Waals surface area contributed by atoms with E-state index >= 15 is 0 Å². The first-order valence-electron chi connectivity index (χ1n) is 3.55. The molecule has 0 spiro atoms. The number of H-pyrrole nitrogens is 1. The molecular formula is C7H9N5. The van der Waals surface area contributed by atoms with Crippen molar-refractivity contribution in [3.63, 3.8) is 0 Å². The van der Waals surface area contributed by atoms with E-state index in [1.54, 1.807) is 17.1 Å². The van der Waals surface area contributed by atoms with Crippen LogP contribution in [0.1, 0.15) is 0 Å². The molecule has 2 rings (SSSR count). The van der Waals surface area contributed by atoms with Gasteiger partial charge in [-0.25, -0.2) is 0 Å². The Morgan fingerprint density at radius 1 is 1.50 bits per heavy atom. The first-order chi connectivity index (χ1) is 5.77. The number of rotatable bonds is 1. The summed E-state index contributed by atoms with van der Waals surface area (Å²) >= 11 is 0. The van der Waals surface area contributed by atoms with Crippen LogP contribution in [0, 0.1) is 0 Å². The van der Waals surface area contributed by atoms with Gasteiger partial charge in [0, 0.05) is 24.4 Å². The van der Waals surface area contributed by atoms with Crippen LogP contribution in [0.15, 0.2) is 18.6 Å². The average Bonchev–Trinajstić information content (AvgIpc) is 2.58. The molecule has 62 valence electrons. The number of aromatic nitrogens is 4. The molecule has 5 heteroatoms. The Bertz CT molecular complexity index is 386. The highest BCUT2D eigenvalue weighted by Gasteiger charge is 2.05. The zero-order valence-electron chi connectivity index (χ0n) is 6.65. The van der Waals surface area contributed by atoms with Gasteiger partial charge in [-0.1, -0.05) is 0 Å². The first-order valence-corrected chi connectivity index (χ1v) is 3.55. The minimum absolute atomic E-state index is 0.572. The molecule has 0 atom stereocenters. The summed E-state index contributed by atoms with van der Waals surface area (Å²) < 4.78 is 1.72. The second-order valence-electron chi connectivity index (χ2n) is 2.60. The van der Waals surface area contributed by atoms with Crippen molar-refractivity contribution in [2.45, 2.75) is 0 Å². The molecule has 0 bridgehead atoms. The van der Waals surface area contributed by atoms with Crippen LogP contribution in [-0.2, 0) is 7.05 Å². The van der Waals surface area contributed by atoms with Gasteiger partial charge >= 0.3 is 0 Å². The summed E-state index contributed by atoms with van der Waals surface area (Å²) in [6.07, 6.45) is 5.33. The smallest absolute Gasteiger partial charge is 0.126 e. The van der Waals surface area contributed by atoms with Crippen molar-refractivity contribution in [1.82, 2.24) is 20.0 Å². The van der Waals surface area contributed by atoms with Gasteiger partial charge in [-0.15, -0.1) is 0 Å². The van der Waals surface area contributed by atoms with Crippen LogP contribution in [0.5, 0.6) is 0 Å². The molecule has 0 amide bonds. The molecule has 0 aromatic carbocycles. The standard InChI is InChI=1S/C7H9N5/c1-12-4-5(2-10-12)6-3-9-11-7(6)8/h2-4H,1H3,(H3,8,9,11). The van der Waals surface area contributed by atoms with Gasteiger partial charge in [0.2, 0.25) is 0 Å². The second-order valence-corrected chi connectivity index (χ2v) is 2.60. The molecule has 0 aliphatic heterocycles. The van der Waals surface area contributed by atoms with E-state index < -0.39 is 0 Å². The van der Waals surface area contributed by atoms with Crippen LogP contribution in [0.3, 0.4) is 0 Å². The molecule has 2 aromatic heterocycles. The van der Waals surface area contributed by atoms with Crippen LogP contribution in [0.2, 0.25) is 0 Å². The first kappa shape index (κ1) is 6.90. The number of nitrogens with one attached hydrogen (secondary N) is 1. The predicted molar refractivity (Wildman–Crippen MR) is 45.2 cm³/mol. The SMILES string of the molecule is Cn1cc(-c2cn[nH]c2N)cn1. The van der Waals surface area contributed by atoms with Crippen LogP contribution < -0.4 is 5.73 Å². The van der Waals surface area contributed by atoms with Crippen LogP contribution in [0.4, 0.5) is 5.82 Å². The Morgan fingerprint density at radius 2 is 2.33 bits per heavy atom. The van der Waals surface area contributed by atoms with E-state index in [1.807, 2.05) is 13.2 Å². The summed E-state index contributed by atoms with van der Waals surface area (Å²) in [4.78, 5) is 0. The molecule has 0 aliphatic rings. The van der Waals surface area contributed by atoms with Crippen molar-refractivity contribution in [1.29, 1.82) is 0 Å². The zero-order chi connectivity index (χ0) is 8.55. The second kappa shape index (κ2) is 2.37. The summed E-state index contributed by atoms with van der Waals surface area (Å²) in [5, 5.41) is 10.5. The highest BCUT2D eigenvalue weighted by Crippen LogP contribution is 2.21. The Balaban J connectivity index is 2.50. The summed E-state index contributed by atoms with van der Waals surface area (Å²) in [6.45, 7) is 0. The normalized spacial score (nSPS) is 10.4. The topological polar surface area (TPSA) is 72.5 Å². The van der Waals surface area contributed by atoms with Crippen molar-refractivity contribution in [2.24, 2.45) is 7.05 Å². The van der Waals surface area contributed by atoms with Crippen molar-refractivity contribution < 1.29 is 0 Å². The molecule has 2 heterocycles. The lowest BCUT2D eigenvalue weighted by Gasteiger charge is -1.90. The quantitative estimate of drug-likeness (QED) is 0.638. The number of aryl methyl sites for hydroxylation is 1. The van der Waals surface area contributed by atoms with E-state index in [4.69, 9.17) is 5.73 Å². The van der Waals surface area contributed by atoms with E-state index in [0.29, 0.717) is 5.82 Å². The van der Waals surface area contributed by atoms with Gasteiger partial charge in [0.15, 0.2) is 0 Å². The fraction of sp³-hybridized carbons (Fsp3) is 0.143. The predicted octanol–water partition coefficient (Wildman–Crippen LogP) is 0.392. The molecule has 5 nitrogen and oxygen atoms in total. The molecular weight excluding hydrogens is 154 g/mol. The average molecular weight is 163 g/mol. The Hall–Kier alpha value is -1.78. The monoisotopic (exact) mass is 163 g/mol. The van der Waals surface area contributed by atoms with E-state index in [1.165, 1.54) is 0 Å². The molecule has 0 aliphatic carbocycles. The molecule has 0 saturated carbocycles. The highest BCUT2D eigenvalue weighted by molar-refractivity contribution is 5.71. The van der Waals surface area contributed by atoms with E-state index in [0.717, 1.165) is 11.1 Å². The number of nitrogens with two attached hydrogens (primary N) is 1. The lowest BCUT2D eigenvalue weighted by atomic mass is 10.2. The molecule has 2 aromatic rings. The Labute approximate surface area is 69.2 Å². The maximum Gasteiger partial charge on any atom is 0.126 e. The lowest BCUT2D eigenvalue weighted by Crippen LogP contribution is -1.86. The number of anilines is 1. The Kier molecular flexibility index (Phi) is 1.36. The van der Waals surface area contributed by atoms with Crippen LogP contribution in [0.25, 0.3) is 11.1 Å². The number of nitrogen functional groups attached to an aromatic ring is 1. The van der Waals surface area contributed by atoms with Crippen molar-refractivity contribution in [3.05, 3.63) is 18.6 Å². The molecule has 0 unspecified atom stereocenters. The minimum Gasteiger partial charge on any atom is -0.384 e. The van der Waals surface area contributed by atoms with Crippen molar-refractivity contribution in [3.8, 4) is 11.1 Å². The van der Waals surface area contributed by atoms with Crippen molar-refractivity contribution >= 4 is 5.82 Å². The molecule has 0 radical (unpaired) electrons. The van der Waals surface area contributed by atoms with Gasteiger partial charge in [-0.2, -0.15) is 10.2 Å². The van der Waals surface area contributed by atoms with E-state index in [2.05, 4.69) is 15.3 Å². The summed E-state index contributed by atoms with van der Waals surface area (Å²) in [6, 6.07) is 0. The highest BCUT2D eigenvalue weighted by atomic mass is 15.2. The Morgan fingerprint density at radius 3 is 2.83 bits per heavy atom. The third kappa shape index (κ3) is 0.952. The van der Waals surface area contributed by atoms with Crippen LogP contribution >= 0.6 is 0 Å². The van der Waals surface area contributed by atoms with Gasteiger partial charge in [-0.3, -0.25) is 9.78 Å². The maximum atomic E-state index is 5.63. The number of hydrogen-bond acceptors (Lipinski definition) is 3. The molecule has 0 saturated heterocycles. The molecule has 12 heavy (non-hydrogen) atoms. The van der Waals surface area contributed by atoms with E-state index in [9.17, 15) is 0 Å². The van der Waals surface area contributed by atoms with Crippen molar-refractivity contribution in [2.75, 3.05) is 5.73 Å². The van der Waals surface area contributed by atoms with Gasteiger partial charge < -0.3 is 5.73 Å². The number of nitrogens with zero attached hydrogens (tertiary/aromatic N) is 3. The van der Waals surface area contributed by atoms with Crippen LogP contribution in [-0.4, -0.2) is 20.0 Å². The fourth-order valence-electron chi connectivity index (χ4n) is 1.09. The fourth-order valence-corrected chi connectivity index (χ4v) is 1.09. The third-order valence-electron chi connectivity index (χ3n) is 1.68.